The Hall–Kier alpha value is -4.54. The number of hydrogen-bond donors (Lipinski definition) is 2. The van der Waals surface area contributed by atoms with Crippen LogP contribution in [0.5, 0.6) is 17.2 Å². The van der Waals surface area contributed by atoms with Crippen LogP contribution in [0.2, 0.25) is 0 Å². The van der Waals surface area contributed by atoms with E-state index in [1.807, 2.05) is 32.0 Å². The molecule has 0 saturated carbocycles. The molecule has 1 saturated heterocycles. The number of nitrogens with one attached hydrogen (secondary N) is 2. The maximum absolute atomic E-state index is 13.8. The van der Waals surface area contributed by atoms with Crippen molar-refractivity contribution in [1.82, 2.24) is 25.3 Å². The normalized spacial score (nSPS) is 18.9. The molecule has 0 unspecified atom stereocenters. The Morgan fingerprint density at radius 3 is 2.73 bits per heavy atom. The molecule has 2 N–H and O–H groups in total. The molecule has 1 fully saturated rings. The van der Waals surface area contributed by atoms with E-state index in [0.29, 0.717) is 53.9 Å². The van der Waals surface area contributed by atoms with Crippen molar-refractivity contribution in [1.29, 1.82) is 0 Å². The monoisotopic (exact) mass is 603 g/mol. The molecule has 44 heavy (non-hydrogen) atoms. The van der Waals surface area contributed by atoms with E-state index in [0.717, 1.165) is 23.2 Å². The first-order valence-corrected chi connectivity index (χ1v) is 15.2. The van der Waals surface area contributed by atoms with Gasteiger partial charge in [-0.1, -0.05) is 19.9 Å². The van der Waals surface area contributed by atoms with Gasteiger partial charge in [-0.2, -0.15) is 5.10 Å². The molecule has 234 valence electrons. The number of nitrogens with zero attached hydrogens (tertiary/aromatic N) is 3. The van der Waals surface area contributed by atoms with Crippen molar-refractivity contribution in [3.05, 3.63) is 70.5 Å². The van der Waals surface area contributed by atoms with Gasteiger partial charge in [0.1, 0.15) is 29.0 Å². The van der Waals surface area contributed by atoms with Gasteiger partial charge in [-0.15, -0.1) is 0 Å². The van der Waals surface area contributed by atoms with Crippen LogP contribution in [0.3, 0.4) is 0 Å². The van der Waals surface area contributed by atoms with Crippen molar-refractivity contribution in [2.24, 2.45) is 5.92 Å². The zero-order valence-electron chi connectivity index (χ0n) is 26.0. The summed E-state index contributed by atoms with van der Waals surface area (Å²) >= 11 is 0. The Labute approximate surface area is 257 Å². The van der Waals surface area contributed by atoms with Crippen LogP contribution in [-0.4, -0.2) is 71.4 Å². The van der Waals surface area contributed by atoms with Gasteiger partial charge in [0.2, 0.25) is 0 Å². The number of carbonyl (C=O) groups is 3. The summed E-state index contributed by atoms with van der Waals surface area (Å²) in [4.78, 5) is 41.7. The van der Waals surface area contributed by atoms with Gasteiger partial charge in [-0.05, 0) is 62.1 Å². The van der Waals surface area contributed by atoms with Gasteiger partial charge in [-0.25, -0.2) is 0 Å². The second-order valence-corrected chi connectivity index (χ2v) is 11.7. The summed E-state index contributed by atoms with van der Waals surface area (Å²) in [5, 5.41) is 10.6. The fourth-order valence-electron chi connectivity index (χ4n) is 5.61. The molecule has 3 aliphatic heterocycles. The zero-order chi connectivity index (χ0) is 31.4. The number of amides is 3. The molecule has 0 aliphatic carbocycles. The molecule has 2 aromatic carbocycles. The zero-order valence-corrected chi connectivity index (χ0v) is 26.0. The minimum absolute atomic E-state index is 0.125. The lowest BCUT2D eigenvalue weighted by Crippen LogP contribution is -2.58. The highest BCUT2D eigenvalue weighted by molar-refractivity contribution is 5.95. The highest BCUT2D eigenvalue weighted by Gasteiger charge is 2.36. The SMILES string of the molecule is CCn1nc(CC(C)C)cc1C(=O)N1CC[C@H]2Oc3ccc(c(OC)c3)CNC(=O)COc3cc(ccc3C)C(=O)N[C@H]2C1. The summed E-state index contributed by atoms with van der Waals surface area (Å²) in [6.07, 6.45) is 0.872. The number of fused-ring (bicyclic) bond motifs is 7. The van der Waals surface area contributed by atoms with E-state index in [9.17, 15) is 14.4 Å². The maximum atomic E-state index is 13.8. The summed E-state index contributed by atoms with van der Waals surface area (Å²) in [7, 11) is 1.56. The number of hydrogen-bond acceptors (Lipinski definition) is 7. The standard InChI is InChI=1S/C33H41N5O6/c1-6-38-27(15-24(36-38)13-20(2)3)33(41)37-12-11-28-26(18-37)35-32(40)22-8-7-21(4)29(14-22)43-19-31(39)34-17-23-9-10-25(44-28)16-30(23)42-5/h7-10,14-16,20,26,28H,6,11-13,17-19H2,1-5H3,(H,34,39)(H,35,40)/t26-,28+/m0/s1. The smallest absolute Gasteiger partial charge is 0.272 e. The Morgan fingerprint density at radius 2 is 1.98 bits per heavy atom. The lowest BCUT2D eigenvalue weighted by molar-refractivity contribution is -0.123. The Bertz CT molecular complexity index is 1530. The first-order chi connectivity index (χ1) is 21.1. The molecule has 11 heteroatoms. The lowest BCUT2D eigenvalue weighted by atomic mass is 10.00. The number of methoxy groups -OCH3 is 1. The van der Waals surface area contributed by atoms with Crippen LogP contribution in [0.4, 0.5) is 0 Å². The first kappa shape index (κ1) is 30.9. The van der Waals surface area contributed by atoms with E-state index in [4.69, 9.17) is 14.2 Å². The van der Waals surface area contributed by atoms with E-state index in [-0.39, 0.29) is 37.4 Å². The van der Waals surface area contributed by atoms with Crippen LogP contribution in [-0.2, 0) is 24.3 Å². The number of carbonyl (C=O) groups excluding carboxylic acids is 3. The fraction of sp³-hybridized carbons (Fsp3) is 0.455. The molecule has 2 atom stereocenters. The minimum Gasteiger partial charge on any atom is -0.496 e. The van der Waals surface area contributed by atoms with Gasteiger partial charge < -0.3 is 29.7 Å². The molecule has 4 bridgehead atoms. The van der Waals surface area contributed by atoms with Gasteiger partial charge in [-0.3, -0.25) is 19.1 Å². The quantitative estimate of drug-likeness (QED) is 0.457. The number of aromatic nitrogens is 2. The van der Waals surface area contributed by atoms with Crippen LogP contribution in [0.25, 0.3) is 0 Å². The summed E-state index contributed by atoms with van der Waals surface area (Å²) in [6.45, 7) is 9.41. The summed E-state index contributed by atoms with van der Waals surface area (Å²) in [5.74, 6) is 1.23. The molecule has 4 heterocycles. The van der Waals surface area contributed by atoms with E-state index in [2.05, 4.69) is 29.6 Å². The van der Waals surface area contributed by atoms with Crippen molar-refractivity contribution >= 4 is 17.7 Å². The number of likely N-dealkylation sites (tertiary alicyclic amines) is 1. The van der Waals surface area contributed by atoms with E-state index < -0.39 is 12.1 Å². The van der Waals surface area contributed by atoms with E-state index in [1.165, 1.54) is 0 Å². The highest BCUT2D eigenvalue weighted by Crippen LogP contribution is 2.28. The van der Waals surface area contributed by atoms with Gasteiger partial charge in [0, 0.05) is 49.8 Å². The number of rotatable bonds is 5. The lowest BCUT2D eigenvalue weighted by Gasteiger charge is -2.39. The topological polar surface area (TPSA) is 124 Å². The minimum atomic E-state index is -0.511. The molecule has 0 spiro atoms. The Morgan fingerprint density at radius 1 is 1.16 bits per heavy atom. The third kappa shape index (κ3) is 6.98. The van der Waals surface area contributed by atoms with Crippen LogP contribution in [0, 0.1) is 12.8 Å². The highest BCUT2D eigenvalue weighted by atomic mass is 16.5. The van der Waals surface area contributed by atoms with Gasteiger partial charge in [0.15, 0.2) is 6.61 Å². The molecule has 11 nitrogen and oxygen atoms in total. The number of piperidine rings is 1. The molecular weight excluding hydrogens is 562 g/mol. The van der Waals surface area contributed by atoms with E-state index in [1.54, 1.807) is 41.0 Å². The molecule has 3 aliphatic rings. The first-order valence-electron chi connectivity index (χ1n) is 15.2. The predicted molar refractivity (Wildman–Crippen MR) is 164 cm³/mol. The van der Waals surface area contributed by atoms with Gasteiger partial charge in [0.25, 0.3) is 17.7 Å². The van der Waals surface area contributed by atoms with Crippen LogP contribution < -0.4 is 24.8 Å². The number of aryl methyl sites for hydroxylation is 2. The average molecular weight is 604 g/mol. The van der Waals surface area contributed by atoms with Crippen LogP contribution >= 0.6 is 0 Å². The molecular formula is C33H41N5O6. The van der Waals surface area contributed by atoms with Gasteiger partial charge >= 0.3 is 0 Å². The summed E-state index contributed by atoms with van der Waals surface area (Å²) in [5.41, 5.74) is 3.39. The predicted octanol–water partition coefficient (Wildman–Crippen LogP) is 3.52. The summed E-state index contributed by atoms with van der Waals surface area (Å²) in [6, 6.07) is 11.9. The molecule has 1 aromatic heterocycles. The molecule has 6 rings (SSSR count). The Kier molecular flexibility index (Phi) is 9.41. The molecule has 3 aromatic rings. The maximum Gasteiger partial charge on any atom is 0.272 e. The van der Waals surface area contributed by atoms with Crippen molar-refractivity contribution in [3.63, 3.8) is 0 Å². The number of ether oxygens (including phenoxy) is 3. The molecule has 3 amide bonds. The average Bonchev–Trinajstić information content (AvgIpc) is 3.41. The largest absolute Gasteiger partial charge is 0.496 e. The third-order valence-corrected chi connectivity index (χ3v) is 7.95. The number of benzene rings is 2. The summed E-state index contributed by atoms with van der Waals surface area (Å²) < 4.78 is 19.6. The van der Waals surface area contributed by atoms with Gasteiger partial charge in [0.05, 0.1) is 18.8 Å². The van der Waals surface area contributed by atoms with Crippen molar-refractivity contribution in [2.75, 3.05) is 26.8 Å². The Balaban J connectivity index is 1.46. The van der Waals surface area contributed by atoms with Crippen LogP contribution in [0.15, 0.2) is 42.5 Å². The second kappa shape index (κ2) is 13.4. The van der Waals surface area contributed by atoms with Crippen LogP contribution in [0.1, 0.15) is 64.9 Å². The van der Waals surface area contributed by atoms with Crippen molar-refractivity contribution in [3.8, 4) is 17.2 Å². The fourth-order valence-corrected chi connectivity index (χ4v) is 5.61. The van der Waals surface area contributed by atoms with Crippen molar-refractivity contribution in [2.45, 2.75) is 65.8 Å². The van der Waals surface area contributed by atoms with Crippen molar-refractivity contribution < 1.29 is 28.6 Å². The third-order valence-electron chi connectivity index (χ3n) is 7.95. The second-order valence-electron chi connectivity index (χ2n) is 11.7. The molecule has 0 radical (unpaired) electrons. The van der Waals surface area contributed by atoms with E-state index >= 15 is 0 Å².